The number of amides is 1. The maximum Gasteiger partial charge on any atom is 0.238 e. The van der Waals surface area contributed by atoms with Gasteiger partial charge in [-0.25, -0.2) is 9.97 Å². The molecular weight excluding hydrogens is 484 g/mol. The zero-order chi connectivity index (χ0) is 24.6. The molecule has 0 aliphatic carbocycles. The van der Waals surface area contributed by atoms with Gasteiger partial charge >= 0.3 is 0 Å². The standard InChI is InChI=1S/C25H25ClN6O2S/c1-3-27-15-23(33)28-16-7-6-8-18(13-16)35-32-25-24(29-20-9-4-5-10-21(20)30-25)31-22-14-17(34-2)11-12-19(22)26/h4-14,27H,3,15H2,1-2H3,(H,28,33)(H,29,31)(H,30,32). The summed E-state index contributed by atoms with van der Waals surface area (Å²) in [6, 6.07) is 20.5. The average molecular weight is 509 g/mol. The van der Waals surface area contributed by atoms with Crippen molar-refractivity contribution in [3.63, 3.8) is 0 Å². The van der Waals surface area contributed by atoms with E-state index in [1.165, 1.54) is 11.9 Å². The molecule has 0 unspecified atom stereocenters. The number of hydrogen-bond donors (Lipinski definition) is 4. The maximum atomic E-state index is 12.0. The molecule has 35 heavy (non-hydrogen) atoms. The van der Waals surface area contributed by atoms with Gasteiger partial charge in [-0.3, -0.25) is 4.79 Å². The Labute approximate surface area is 213 Å². The molecule has 3 aromatic carbocycles. The van der Waals surface area contributed by atoms with Crippen molar-refractivity contribution in [2.24, 2.45) is 0 Å². The van der Waals surface area contributed by atoms with Gasteiger partial charge in [0.2, 0.25) is 5.91 Å². The smallest absolute Gasteiger partial charge is 0.238 e. The number of halogens is 1. The van der Waals surface area contributed by atoms with Crippen LogP contribution in [0.25, 0.3) is 11.0 Å². The first kappa shape index (κ1) is 24.6. The Morgan fingerprint density at radius 1 is 1.00 bits per heavy atom. The first-order chi connectivity index (χ1) is 17.1. The SMILES string of the molecule is CCNCC(=O)Nc1cccc(SNc2nc3ccccc3nc2Nc2cc(OC)ccc2Cl)c1. The van der Waals surface area contributed by atoms with Gasteiger partial charge in [0.25, 0.3) is 0 Å². The molecule has 0 aliphatic rings. The minimum atomic E-state index is -0.0935. The van der Waals surface area contributed by atoms with E-state index < -0.39 is 0 Å². The molecule has 180 valence electrons. The second-order valence-electron chi connectivity index (χ2n) is 7.44. The molecule has 0 spiro atoms. The van der Waals surface area contributed by atoms with Gasteiger partial charge in [-0.05, 0) is 61.0 Å². The third kappa shape index (κ3) is 6.54. The predicted octanol–water partition coefficient (Wildman–Crippen LogP) is 5.70. The Morgan fingerprint density at radius 3 is 2.51 bits per heavy atom. The summed E-state index contributed by atoms with van der Waals surface area (Å²) in [5.74, 6) is 1.63. The van der Waals surface area contributed by atoms with Crippen molar-refractivity contribution in [3.8, 4) is 5.75 Å². The molecule has 4 aromatic rings. The number of anilines is 4. The molecule has 0 aliphatic heterocycles. The van der Waals surface area contributed by atoms with Crippen molar-refractivity contribution in [1.82, 2.24) is 15.3 Å². The summed E-state index contributed by atoms with van der Waals surface area (Å²) in [6.07, 6.45) is 0. The van der Waals surface area contributed by atoms with E-state index in [0.717, 1.165) is 22.5 Å². The van der Waals surface area contributed by atoms with E-state index in [1.807, 2.05) is 55.5 Å². The van der Waals surface area contributed by atoms with E-state index in [9.17, 15) is 4.79 Å². The van der Waals surface area contributed by atoms with Gasteiger partial charge in [0.15, 0.2) is 11.6 Å². The third-order valence-corrected chi connectivity index (χ3v) is 6.03. The normalized spacial score (nSPS) is 10.7. The van der Waals surface area contributed by atoms with Crippen LogP contribution in [0.2, 0.25) is 5.02 Å². The largest absolute Gasteiger partial charge is 0.497 e. The molecule has 0 atom stereocenters. The minimum Gasteiger partial charge on any atom is -0.497 e. The predicted molar refractivity (Wildman–Crippen MR) is 144 cm³/mol. The average Bonchev–Trinajstić information content (AvgIpc) is 2.87. The molecule has 0 saturated heterocycles. The minimum absolute atomic E-state index is 0.0935. The van der Waals surface area contributed by atoms with E-state index in [4.69, 9.17) is 26.3 Å². The Kier molecular flexibility index (Phi) is 8.25. The Morgan fingerprint density at radius 2 is 1.77 bits per heavy atom. The Hall–Kier alpha value is -3.53. The molecule has 0 fully saturated rings. The van der Waals surface area contributed by atoms with Crippen molar-refractivity contribution in [2.45, 2.75) is 11.8 Å². The van der Waals surface area contributed by atoms with Gasteiger partial charge in [0.05, 0.1) is 35.4 Å². The van der Waals surface area contributed by atoms with Crippen LogP contribution in [0.4, 0.5) is 23.0 Å². The highest BCUT2D eigenvalue weighted by molar-refractivity contribution is 8.00. The fourth-order valence-corrected chi connectivity index (χ4v) is 4.06. The zero-order valence-electron chi connectivity index (χ0n) is 19.3. The Bertz CT molecular complexity index is 1340. The monoisotopic (exact) mass is 508 g/mol. The van der Waals surface area contributed by atoms with E-state index in [-0.39, 0.29) is 12.5 Å². The molecule has 1 amide bonds. The molecule has 1 heterocycles. The fraction of sp³-hybridized carbons (Fsp3) is 0.160. The van der Waals surface area contributed by atoms with Crippen molar-refractivity contribution >= 4 is 63.5 Å². The first-order valence-corrected chi connectivity index (χ1v) is 12.2. The lowest BCUT2D eigenvalue weighted by Crippen LogP contribution is -2.27. The van der Waals surface area contributed by atoms with Crippen LogP contribution in [0.3, 0.4) is 0 Å². The lowest BCUT2D eigenvalue weighted by atomic mass is 10.3. The van der Waals surface area contributed by atoms with Crippen molar-refractivity contribution in [2.75, 3.05) is 35.6 Å². The van der Waals surface area contributed by atoms with Crippen LogP contribution in [0.1, 0.15) is 6.92 Å². The number of para-hydroxylation sites is 2. The molecule has 4 N–H and O–H groups in total. The molecule has 8 nitrogen and oxygen atoms in total. The summed E-state index contributed by atoms with van der Waals surface area (Å²) in [5, 5.41) is 9.71. The van der Waals surface area contributed by atoms with Gasteiger partial charge < -0.3 is 25.4 Å². The summed E-state index contributed by atoms with van der Waals surface area (Å²) < 4.78 is 8.61. The number of methoxy groups -OCH3 is 1. The summed E-state index contributed by atoms with van der Waals surface area (Å²) in [4.78, 5) is 22.4. The number of fused-ring (bicyclic) bond motifs is 1. The summed E-state index contributed by atoms with van der Waals surface area (Å²) in [5.41, 5.74) is 2.86. The van der Waals surface area contributed by atoms with E-state index in [1.54, 1.807) is 25.3 Å². The van der Waals surface area contributed by atoms with Crippen molar-refractivity contribution < 1.29 is 9.53 Å². The van der Waals surface area contributed by atoms with Gasteiger partial charge in [-0.1, -0.05) is 36.7 Å². The van der Waals surface area contributed by atoms with Crippen LogP contribution >= 0.6 is 23.5 Å². The fourth-order valence-electron chi connectivity index (χ4n) is 3.20. The van der Waals surface area contributed by atoms with Gasteiger partial charge in [-0.15, -0.1) is 0 Å². The van der Waals surface area contributed by atoms with Crippen molar-refractivity contribution in [3.05, 3.63) is 71.8 Å². The lowest BCUT2D eigenvalue weighted by molar-refractivity contribution is -0.115. The van der Waals surface area contributed by atoms with Crippen LogP contribution in [-0.2, 0) is 4.79 Å². The number of likely N-dealkylation sites (N-methyl/N-ethyl adjacent to an activating group) is 1. The summed E-state index contributed by atoms with van der Waals surface area (Å²) in [7, 11) is 1.60. The second kappa shape index (κ2) is 11.7. The number of rotatable bonds is 10. The number of aromatic nitrogens is 2. The van der Waals surface area contributed by atoms with E-state index >= 15 is 0 Å². The van der Waals surface area contributed by atoms with Crippen LogP contribution < -0.4 is 25.4 Å². The first-order valence-electron chi connectivity index (χ1n) is 11.0. The molecule has 0 bridgehead atoms. The van der Waals surface area contributed by atoms with Crippen LogP contribution in [0.15, 0.2) is 71.6 Å². The van der Waals surface area contributed by atoms with Crippen LogP contribution in [0.5, 0.6) is 5.75 Å². The number of hydrogen-bond acceptors (Lipinski definition) is 8. The van der Waals surface area contributed by atoms with E-state index in [0.29, 0.717) is 33.8 Å². The van der Waals surface area contributed by atoms with Crippen LogP contribution in [0, 0.1) is 0 Å². The number of ether oxygens (including phenoxy) is 1. The van der Waals surface area contributed by atoms with Gasteiger partial charge in [-0.2, -0.15) is 0 Å². The molecular formula is C25H25ClN6O2S. The Balaban J connectivity index is 1.57. The molecule has 1 aromatic heterocycles. The van der Waals surface area contributed by atoms with Crippen LogP contribution in [-0.4, -0.2) is 36.1 Å². The van der Waals surface area contributed by atoms with Gasteiger partial charge in [0.1, 0.15) is 5.75 Å². The highest BCUT2D eigenvalue weighted by Gasteiger charge is 2.13. The highest BCUT2D eigenvalue weighted by Crippen LogP contribution is 2.33. The zero-order valence-corrected chi connectivity index (χ0v) is 20.8. The molecule has 0 saturated carbocycles. The quantitative estimate of drug-likeness (QED) is 0.202. The van der Waals surface area contributed by atoms with Gasteiger partial charge in [0, 0.05) is 16.6 Å². The number of nitrogens with zero attached hydrogens (tertiary/aromatic N) is 2. The topological polar surface area (TPSA) is 100 Å². The van der Waals surface area contributed by atoms with Crippen molar-refractivity contribution in [1.29, 1.82) is 0 Å². The van der Waals surface area contributed by atoms with E-state index in [2.05, 4.69) is 20.7 Å². The number of carbonyl (C=O) groups is 1. The number of nitrogens with one attached hydrogen (secondary N) is 4. The maximum absolute atomic E-state index is 12.0. The third-order valence-electron chi connectivity index (χ3n) is 4.92. The molecule has 10 heteroatoms. The summed E-state index contributed by atoms with van der Waals surface area (Å²) >= 11 is 7.77. The second-order valence-corrected chi connectivity index (χ2v) is 8.73. The number of carbonyl (C=O) groups excluding carboxylic acids is 1. The lowest BCUT2D eigenvalue weighted by Gasteiger charge is -2.15. The summed E-state index contributed by atoms with van der Waals surface area (Å²) in [6.45, 7) is 2.95. The number of benzene rings is 3. The molecule has 0 radical (unpaired) electrons. The highest BCUT2D eigenvalue weighted by atomic mass is 35.5. The molecule has 4 rings (SSSR count).